The molecule has 6 nitrogen and oxygen atoms in total. The topological polar surface area (TPSA) is 63.7 Å². The van der Waals surface area contributed by atoms with Crippen molar-refractivity contribution in [1.29, 1.82) is 0 Å². The molecule has 0 saturated carbocycles. The van der Waals surface area contributed by atoms with E-state index >= 15 is 0 Å². The molecule has 4 rings (SSSR count). The fraction of sp³-hybridized carbons (Fsp3) is 0.273. The zero-order valence-corrected chi connectivity index (χ0v) is 17.3. The highest BCUT2D eigenvalue weighted by atomic mass is 32.1. The van der Waals surface area contributed by atoms with Crippen molar-refractivity contribution >= 4 is 28.7 Å². The summed E-state index contributed by atoms with van der Waals surface area (Å²) in [5, 5.41) is 5.07. The molecule has 3 heterocycles. The summed E-state index contributed by atoms with van der Waals surface area (Å²) in [4.78, 5) is 21.2. The molecule has 7 heteroatoms. The van der Waals surface area contributed by atoms with E-state index in [4.69, 9.17) is 14.5 Å². The van der Waals surface area contributed by atoms with E-state index in [-0.39, 0.29) is 5.91 Å². The monoisotopic (exact) mass is 409 g/mol. The summed E-state index contributed by atoms with van der Waals surface area (Å²) in [6, 6.07) is 13.2. The minimum absolute atomic E-state index is 0.193. The molecule has 1 aliphatic heterocycles. The van der Waals surface area contributed by atoms with Crippen molar-refractivity contribution in [2.45, 2.75) is 6.92 Å². The van der Waals surface area contributed by atoms with Crippen LogP contribution < -0.4 is 15.0 Å². The number of morpholine rings is 1. The van der Waals surface area contributed by atoms with Crippen molar-refractivity contribution in [3.63, 3.8) is 0 Å². The predicted octanol–water partition coefficient (Wildman–Crippen LogP) is 4.22. The number of amides is 1. The Morgan fingerprint density at radius 3 is 2.76 bits per heavy atom. The Morgan fingerprint density at radius 2 is 2.03 bits per heavy atom. The van der Waals surface area contributed by atoms with E-state index in [1.54, 1.807) is 24.5 Å². The molecule has 2 aromatic heterocycles. The molecule has 1 amide bonds. The number of nitrogens with zero attached hydrogens (tertiary/aromatic N) is 2. The van der Waals surface area contributed by atoms with Crippen molar-refractivity contribution in [2.75, 3.05) is 43.6 Å². The average Bonchev–Trinajstić information content (AvgIpc) is 3.20. The Labute approximate surface area is 174 Å². The summed E-state index contributed by atoms with van der Waals surface area (Å²) >= 11 is 1.66. The first kappa shape index (κ1) is 19.4. The molecule has 0 unspecified atom stereocenters. The Hall–Kier alpha value is -2.90. The molecule has 0 bridgehead atoms. The highest BCUT2D eigenvalue weighted by Crippen LogP contribution is 2.30. The standard InChI is InChI=1S/C22H23N3O3S/c1-15-12-20(29-14-15)19-7-6-18(21(24-19)25-8-10-28-11-9-25)22(26)23-16-4-3-5-17(13-16)27-2/h3-7,12-14H,8-11H2,1-2H3,(H,23,26). The molecule has 1 aliphatic rings. The second-order valence-electron chi connectivity index (χ2n) is 6.84. The van der Waals surface area contributed by atoms with Gasteiger partial charge < -0.3 is 19.7 Å². The number of ether oxygens (including phenoxy) is 2. The Balaban J connectivity index is 1.67. The van der Waals surface area contributed by atoms with Crippen molar-refractivity contribution in [2.24, 2.45) is 0 Å². The van der Waals surface area contributed by atoms with Gasteiger partial charge in [0, 0.05) is 24.8 Å². The average molecular weight is 410 g/mol. The second-order valence-corrected chi connectivity index (χ2v) is 7.75. The SMILES string of the molecule is COc1cccc(NC(=O)c2ccc(-c3cc(C)cs3)nc2N2CCOCC2)c1. The molecule has 1 fully saturated rings. The first-order chi connectivity index (χ1) is 14.1. The van der Waals surface area contributed by atoms with Gasteiger partial charge in [-0.15, -0.1) is 11.3 Å². The fourth-order valence-corrected chi connectivity index (χ4v) is 4.11. The maximum atomic E-state index is 13.1. The van der Waals surface area contributed by atoms with E-state index in [0.717, 1.165) is 10.6 Å². The van der Waals surface area contributed by atoms with Crippen LogP contribution >= 0.6 is 11.3 Å². The maximum Gasteiger partial charge on any atom is 0.259 e. The lowest BCUT2D eigenvalue weighted by molar-refractivity contribution is 0.102. The van der Waals surface area contributed by atoms with Gasteiger partial charge in [0.25, 0.3) is 5.91 Å². The van der Waals surface area contributed by atoms with Crippen LogP contribution in [0.5, 0.6) is 5.75 Å². The van der Waals surface area contributed by atoms with E-state index in [9.17, 15) is 4.79 Å². The number of carbonyl (C=O) groups is 1. The van der Waals surface area contributed by atoms with Crippen molar-refractivity contribution in [3.05, 3.63) is 59.0 Å². The zero-order chi connectivity index (χ0) is 20.2. The van der Waals surface area contributed by atoms with Crippen LogP contribution in [0.15, 0.2) is 47.8 Å². The molecular formula is C22H23N3O3S. The number of carbonyl (C=O) groups excluding carboxylic acids is 1. The summed E-state index contributed by atoms with van der Waals surface area (Å²) in [6.45, 7) is 4.74. The van der Waals surface area contributed by atoms with Crippen LogP contribution in [-0.4, -0.2) is 44.3 Å². The van der Waals surface area contributed by atoms with Gasteiger partial charge in [0.2, 0.25) is 0 Å². The van der Waals surface area contributed by atoms with Gasteiger partial charge in [-0.2, -0.15) is 0 Å². The fourth-order valence-electron chi connectivity index (χ4n) is 3.24. The lowest BCUT2D eigenvalue weighted by Crippen LogP contribution is -2.38. The van der Waals surface area contributed by atoms with Crippen molar-refractivity contribution in [1.82, 2.24) is 4.98 Å². The molecule has 29 heavy (non-hydrogen) atoms. The van der Waals surface area contributed by atoms with E-state index in [0.29, 0.717) is 49.1 Å². The molecule has 1 N–H and O–H groups in total. The highest BCUT2D eigenvalue weighted by Gasteiger charge is 2.22. The number of thiophene rings is 1. The van der Waals surface area contributed by atoms with E-state index in [1.165, 1.54) is 5.56 Å². The summed E-state index contributed by atoms with van der Waals surface area (Å²) in [5.41, 5.74) is 3.31. The molecule has 0 radical (unpaired) electrons. The van der Waals surface area contributed by atoms with Gasteiger partial charge >= 0.3 is 0 Å². The Morgan fingerprint density at radius 1 is 1.21 bits per heavy atom. The first-order valence-electron chi connectivity index (χ1n) is 9.49. The minimum atomic E-state index is -0.193. The number of pyridine rings is 1. The molecule has 1 aromatic carbocycles. The lowest BCUT2D eigenvalue weighted by Gasteiger charge is -2.29. The minimum Gasteiger partial charge on any atom is -0.497 e. The van der Waals surface area contributed by atoms with Crippen LogP contribution in [0.25, 0.3) is 10.6 Å². The smallest absolute Gasteiger partial charge is 0.259 e. The molecule has 3 aromatic rings. The summed E-state index contributed by atoms with van der Waals surface area (Å²) in [5.74, 6) is 1.19. The van der Waals surface area contributed by atoms with Crippen LogP contribution in [-0.2, 0) is 4.74 Å². The summed E-state index contributed by atoms with van der Waals surface area (Å²) < 4.78 is 10.7. The van der Waals surface area contributed by atoms with Crippen LogP contribution in [0.1, 0.15) is 15.9 Å². The number of methoxy groups -OCH3 is 1. The highest BCUT2D eigenvalue weighted by molar-refractivity contribution is 7.13. The third-order valence-corrected chi connectivity index (χ3v) is 5.81. The third kappa shape index (κ3) is 4.41. The summed E-state index contributed by atoms with van der Waals surface area (Å²) in [7, 11) is 1.60. The summed E-state index contributed by atoms with van der Waals surface area (Å²) in [6.07, 6.45) is 0. The second kappa shape index (κ2) is 8.63. The zero-order valence-electron chi connectivity index (χ0n) is 16.5. The molecule has 1 saturated heterocycles. The number of hydrogen-bond acceptors (Lipinski definition) is 6. The number of aromatic nitrogens is 1. The molecule has 0 aliphatic carbocycles. The van der Waals surface area contributed by atoms with E-state index in [1.807, 2.05) is 30.3 Å². The number of anilines is 2. The lowest BCUT2D eigenvalue weighted by atomic mass is 10.1. The van der Waals surface area contributed by atoms with Gasteiger partial charge in [-0.25, -0.2) is 4.98 Å². The number of hydrogen-bond donors (Lipinski definition) is 1. The molecule has 0 spiro atoms. The van der Waals surface area contributed by atoms with Crippen molar-refractivity contribution in [3.8, 4) is 16.3 Å². The van der Waals surface area contributed by atoms with Gasteiger partial charge in [-0.1, -0.05) is 6.07 Å². The van der Waals surface area contributed by atoms with Gasteiger partial charge in [0.1, 0.15) is 11.6 Å². The van der Waals surface area contributed by atoms with Gasteiger partial charge in [0.05, 0.1) is 36.5 Å². The van der Waals surface area contributed by atoms with Crippen molar-refractivity contribution < 1.29 is 14.3 Å². The van der Waals surface area contributed by atoms with Gasteiger partial charge in [0.15, 0.2) is 0 Å². The molecule has 0 atom stereocenters. The maximum absolute atomic E-state index is 13.1. The normalized spacial score (nSPS) is 13.9. The van der Waals surface area contributed by atoms with Crippen LogP contribution in [0.2, 0.25) is 0 Å². The Bertz CT molecular complexity index is 1010. The number of benzene rings is 1. The molecular weight excluding hydrogens is 386 g/mol. The van der Waals surface area contributed by atoms with Crippen LogP contribution in [0.4, 0.5) is 11.5 Å². The van der Waals surface area contributed by atoms with Crippen LogP contribution in [0.3, 0.4) is 0 Å². The number of aryl methyl sites for hydroxylation is 1. The quantitative estimate of drug-likeness (QED) is 0.684. The van der Waals surface area contributed by atoms with Crippen LogP contribution in [0, 0.1) is 6.92 Å². The van der Waals surface area contributed by atoms with Gasteiger partial charge in [-0.05, 0) is 48.2 Å². The largest absolute Gasteiger partial charge is 0.497 e. The Kier molecular flexibility index (Phi) is 5.78. The van der Waals surface area contributed by atoms with E-state index < -0.39 is 0 Å². The number of nitrogens with one attached hydrogen (secondary N) is 1. The van der Waals surface area contributed by atoms with E-state index in [2.05, 4.69) is 28.6 Å². The third-order valence-electron chi connectivity index (χ3n) is 4.74. The van der Waals surface area contributed by atoms with Gasteiger partial charge in [-0.3, -0.25) is 4.79 Å². The predicted molar refractivity (Wildman–Crippen MR) is 116 cm³/mol. The molecule has 150 valence electrons. The number of rotatable bonds is 5. The first-order valence-corrected chi connectivity index (χ1v) is 10.4.